The van der Waals surface area contributed by atoms with E-state index in [0.29, 0.717) is 0 Å². The summed E-state index contributed by atoms with van der Waals surface area (Å²) in [4.78, 5) is 47.9. The Labute approximate surface area is 170 Å². The number of amides is 3. The lowest BCUT2D eigenvalue weighted by Crippen LogP contribution is -2.54. The summed E-state index contributed by atoms with van der Waals surface area (Å²) in [7, 11) is 0. The van der Waals surface area contributed by atoms with Crippen LogP contribution in [0.4, 0.5) is 4.79 Å². The van der Waals surface area contributed by atoms with E-state index in [1.807, 2.05) is 30.3 Å². The highest BCUT2D eigenvalue weighted by molar-refractivity contribution is 5.92. The van der Waals surface area contributed by atoms with Crippen molar-refractivity contribution in [3.8, 4) is 0 Å². The Morgan fingerprint density at radius 3 is 2.17 bits per heavy atom. The minimum atomic E-state index is -0.902. The van der Waals surface area contributed by atoms with Crippen LogP contribution < -0.4 is 16.0 Å². The molecular weight excluding hydrogens is 378 g/mol. The molecule has 0 saturated carbocycles. The Balaban J connectivity index is 2.52. The normalized spacial score (nSPS) is 12.4. The summed E-state index contributed by atoms with van der Waals surface area (Å²) in [5.41, 5.74) is 0.820. The van der Waals surface area contributed by atoms with Gasteiger partial charge in [0, 0.05) is 0 Å². The Bertz CT molecular complexity index is 693. The number of benzene rings is 1. The van der Waals surface area contributed by atoms with Crippen LogP contribution >= 0.6 is 0 Å². The number of carbonyl (C=O) groups excluding carboxylic acids is 4. The molecule has 0 saturated heterocycles. The topological polar surface area (TPSA) is 123 Å². The highest BCUT2D eigenvalue weighted by Gasteiger charge is 2.27. The molecule has 0 fully saturated rings. The molecule has 0 aliphatic carbocycles. The average Bonchev–Trinajstić information content (AvgIpc) is 2.69. The first kappa shape index (κ1) is 23.9. The van der Waals surface area contributed by atoms with Crippen molar-refractivity contribution in [1.82, 2.24) is 16.0 Å². The van der Waals surface area contributed by atoms with Crippen molar-refractivity contribution in [3.63, 3.8) is 0 Å². The van der Waals surface area contributed by atoms with Crippen LogP contribution in [0.25, 0.3) is 0 Å². The summed E-state index contributed by atoms with van der Waals surface area (Å²) in [5, 5.41) is 7.42. The lowest BCUT2D eigenvalue weighted by Gasteiger charge is -2.23. The van der Waals surface area contributed by atoms with Gasteiger partial charge in [0.2, 0.25) is 11.8 Å². The third-order valence-corrected chi connectivity index (χ3v) is 3.90. The molecule has 0 aliphatic rings. The number of carbonyl (C=O) groups is 4. The van der Waals surface area contributed by atoms with Gasteiger partial charge in [0.15, 0.2) is 0 Å². The van der Waals surface area contributed by atoms with Gasteiger partial charge in [-0.25, -0.2) is 4.79 Å². The van der Waals surface area contributed by atoms with Gasteiger partial charge in [-0.05, 0) is 25.3 Å². The van der Waals surface area contributed by atoms with Gasteiger partial charge in [0.05, 0.1) is 6.61 Å². The molecule has 0 aromatic heterocycles. The smallest absolute Gasteiger partial charge is 0.408 e. The van der Waals surface area contributed by atoms with E-state index in [4.69, 9.17) is 9.47 Å². The number of esters is 1. The minimum Gasteiger partial charge on any atom is -0.465 e. The molecule has 3 N–H and O–H groups in total. The van der Waals surface area contributed by atoms with E-state index in [9.17, 15) is 19.2 Å². The van der Waals surface area contributed by atoms with Gasteiger partial charge in [0.1, 0.15) is 25.2 Å². The van der Waals surface area contributed by atoms with Crippen molar-refractivity contribution in [2.45, 2.75) is 46.4 Å². The van der Waals surface area contributed by atoms with Crippen LogP contribution in [0.5, 0.6) is 0 Å². The monoisotopic (exact) mass is 407 g/mol. The molecule has 0 bridgehead atoms. The second-order valence-electron chi connectivity index (χ2n) is 6.68. The van der Waals surface area contributed by atoms with E-state index in [0.717, 1.165) is 5.56 Å². The average molecular weight is 407 g/mol. The second kappa shape index (κ2) is 12.4. The molecule has 1 aromatic carbocycles. The summed E-state index contributed by atoms with van der Waals surface area (Å²) in [5.74, 6) is -1.88. The van der Waals surface area contributed by atoms with Crippen LogP contribution in [-0.2, 0) is 30.5 Å². The first-order valence-electron chi connectivity index (χ1n) is 9.45. The molecule has 29 heavy (non-hydrogen) atoms. The van der Waals surface area contributed by atoms with Crippen LogP contribution in [-0.4, -0.2) is 49.1 Å². The number of hydrogen-bond acceptors (Lipinski definition) is 6. The SMILES string of the molecule is CCOC(=O)CNC(=O)[C@H](C)NC(=O)[C@H](NC(=O)OCc1ccccc1)C(C)C. The number of alkyl carbamates (subject to hydrolysis) is 1. The Morgan fingerprint density at radius 2 is 1.59 bits per heavy atom. The maximum Gasteiger partial charge on any atom is 0.408 e. The van der Waals surface area contributed by atoms with Gasteiger partial charge in [-0.3, -0.25) is 14.4 Å². The molecular formula is C20H29N3O6. The zero-order chi connectivity index (χ0) is 21.8. The van der Waals surface area contributed by atoms with Crippen molar-refractivity contribution in [2.75, 3.05) is 13.2 Å². The lowest BCUT2D eigenvalue weighted by molar-refractivity contribution is -0.143. The molecule has 0 heterocycles. The highest BCUT2D eigenvalue weighted by Crippen LogP contribution is 2.05. The Morgan fingerprint density at radius 1 is 0.931 bits per heavy atom. The highest BCUT2D eigenvalue weighted by atomic mass is 16.5. The van der Waals surface area contributed by atoms with Gasteiger partial charge in [-0.15, -0.1) is 0 Å². The summed E-state index contributed by atoms with van der Waals surface area (Å²) in [6.45, 7) is 6.65. The predicted molar refractivity (Wildman–Crippen MR) is 106 cm³/mol. The third kappa shape index (κ3) is 9.09. The van der Waals surface area contributed by atoms with Crippen LogP contribution in [0.15, 0.2) is 30.3 Å². The van der Waals surface area contributed by atoms with Gasteiger partial charge in [-0.1, -0.05) is 44.2 Å². The van der Waals surface area contributed by atoms with Gasteiger partial charge < -0.3 is 25.4 Å². The molecule has 9 heteroatoms. The molecule has 0 radical (unpaired) electrons. The van der Waals surface area contributed by atoms with Gasteiger partial charge >= 0.3 is 12.1 Å². The minimum absolute atomic E-state index is 0.0752. The Kier molecular flexibility index (Phi) is 10.2. The van der Waals surface area contributed by atoms with E-state index in [1.54, 1.807) is 20.8 Å². The summed E-state index contributed by atoms with van der Waals surface area (Å²) < 4.78 is 9.86. The maximum absolute atomic E-state index is 12.5. The number of hydrogen-bond donors (Lipinski definition) is 3. The number of nitrogens with one attached hydrogen (secondary N) is 3. The van der Waals surface area contributed by atoms with Crippen molar-refractivity contribution in [2.24, 2.45) is 5.92 Å². The maximum atomic E-state index is 12.5. The van der Waals surface area contributed by atoms with Crippen molar-refractivity contribution in [1.29, 1.82) is 0 Å². The molecule has 0 unspecified atom stereocenters. The summed E-state index contributed by atoms with van der Waals surface area (Å²) >= 11 is 0. The molecule has 160 valence electrons. The van der Waals surface area contributed by atoms with Gasteiger partial charge in [0.25, 0.3) is 0 Å². The van der Waals surface area contributed by atoms with Gasteiger partial charge in [-0.2, -0.15) is 0 Å². The lowest BCUT2D eigenvalue weighted by atomic mass is 10.0. The first-order valence-corrected chi connectivity index (χ1v) is 9.45. The molecule has 1 rings (SSSR count). The first-order chi connectivity index (χ1) is 13.7. The van der Waals surface area contributed by atoms with Crippen LogP contribution in [0.2, 0.25) is 0 Å². The molecule has 1 aromatic rings. The van der Waals surface area contributed by atoms with Crippen LogP contribution in [0.1, 0.15) is 33.3 Å². The number of rotatable bonds is 10. The van der Waals surface area contributed by atoms with E-state index < -0.39 is 36.0 Å². The Hall–Kier alpha value is -3.10. The molecule has 0 aliphatic heterocycles. The zero-order valence-electron chi connectivity index (χ0n) is 17.2. The summed E-state index contributed by atoms with van der Waals surface area (Å²) in [6.07, 6.45) is -0.734. The molecule has 3 amide bonds. The standard InChI is InChI=1S/C20H29N3O6/c1-5-28-16(24)11-21-18(25)14(4)22-19(26)17(13(2)3)23-20(27)29-12-15-9-7-6-8-10-15/h6-10,13-14,17H,5,11-12H2,1-4H3,(H,21,25)(H,22,26)(H,23,27)/t14-,17+/m0/s1. The zero-order valence-corrected chi connectivity index (χ0v) is 17.2. The van der Waals surface area contributed by atoms with E-state index >= 15 is 0 Å². The largest absolute Gasteiger partial charge is 0.465 e. The van der Waals surface area contributed by atoms with Crippen molar-refractivity contribution in [3.05, 3.63) is 35.9 Å². The van der Waals surface area contributed by atoms with Crippen LogP contribution in [0.3, 0.4) is 0 Å². The quantitative estimate of drug-likeness (QED) is 0.500. The third-order valence-electron chi connectivity index (χ3n) is 3.90. The second-order valence-corrected chi connectivity index (χ2v) is 6.68. The molecule has 9 nitrogen and oxygen atoms in total. The molecule has 0 spiro atoms. The van der Waals surface area contributed by atoms with E-state index in [-0.39, 0.29) is 25.7 Å². The fraction of sp³-hybridized carbons (Fsp3) is 0.500. The van der Waals surface area contributed by atoms with E-state index in [1.165, 1.54) is 6.92 Å². The van der Waals surface area contributed by atoms with E-state index in [2.05, 4.69) is 16.0 Å². The fourth-order valence-electron chi connectivity index (χ4n) is 2.32. The van der Waals surface area contributed by atoms with Crippen LogP contribution in [0, 0.1) is 5.92 Å². The molecule has 2 atom stereocenters. The van der Waals surface area contributed by atoms with Crippen molar-refractivity contribution >= 4 is 23.9 Å². The number of ether oxygens (including phenoxy) is 2. The fourth-order valence-corrected chi connectivity index (χ4v) is 2.32. The van der Waals surface area contributed by atoms with Crippen molar-refractivity contribution < 1.29 is 28.7 Å². The predicted octanol–water partition coefficient (Wildman–Crippen LogP) is 1.12. The summed E-state index contributed by atoms with van der Waals surface area (Å²) in [6, 6.07) is 7.35.